The third-order valence-electron chi connectivity index (χ3n) is 3.15. The minimum Gasteiger partial charge on any atom is -0.493 e. The smallest absolute Gasteiger partial charge is 0.335 e. The number of carboxylic acids is 1. The van der Waals surface area contributed by atoms with Crippen LogP contribution >= 0.6 is 0 Å². The molecule has 0 aliphatic rings. The Hall–Kier alpha value is -2.29. The van der Waals surface area contributed by atoms with Gasteiger partial charge in [-0.15, -0.1) is 0 Å². The monoisotopic (exact) mass is 270 g/mol. The van der Waals surface area contributed by atoms with Crippen molar-refractivity contribution in [3.63, 3.8) is 0 Å². The molecule has 2 aromatic carbocycles. The number of ether oxygens (including phenoxy) is 1. The maximum absolute atomic E-state index is 10.9. The molecule has 0 fully saturated rings. The van der Waals surface area contributed by atoms with Crippen molar-refractivity contribution in [1.29, 1.82) is 0 Å². The molecule has 0 aliphatic heterocycles. The van der Waals surface area contributed by atoms with E-state index in [0.717, 1.165) is 18.4 Å². The van der Waals surface area contributed by atoms with Gasteiger partial charge < -0.3 is 9.84 Å². The fraction of sp³-hybridized carbons (Fsp3) is 0.235. The first-order valence-electron chi connectivity index (χ1n) is 6.67. The summed E-state index contributed by atoms with van der Waals surface area (Å²) in [4.78, 5) is 10.9. The van der Waals surface area contributed by atoms with Gasteiger partial charge in [0.05, 0.1) is 12.2 Å². The molecule has 0 radical (unpaired) electrons. The zero-order chi connectivity index (χ0) is 14.4. The number of benzene rings is 2. The minimum absolute atomic E-state index is 0.258. The Bertz CT molecular complexity index is 576. The van der Waals surface area contributed by atoms with Crippen LogP contribution in [0.2, 0.25) is 0 Å². The van der Waals surface area contributed by atoms with Crippen molar-refractivity contribution in [1.82, 2.24) is 0 Å². The molecule has 0 saturated carbocycles. The normalized spacial score (nSPS) is 10.2. The Morgan fingerprint density at radius 1 is 1.15 bits per heavy atom. The third kappa shape index (κ3) is 3.85. The predicted molar refractivity (Wildman–Crippen MR) is 78.4 cm³/mol. The molecule has 2 rings (SSSR count). The Balaban J connectivity index is 1.88. The van der Waals surface area contributed by atoms with Crippen LogP contribution in [0.5, 0.6) is 5.75 Å². The molecule has 0 aliphatic carbocycles. The molecule has 1 N–H and O–H groups in total. The summed E-state index contributed by atoms with van der Waals surface area (Å²) < 4.78 is 5.69. The largest absolute Gasteiger partial charge is 0.493 e. The first kappa shape index (κ1) is 14.1. The number of hydrogen-bond donors (Lipinski definition) is 1. The molecule has 0 saturated heterocycles. The van der Waals surface area contributed by atoms with Crippen molar-refractivity contribution in [3.05, 3.63) is 65.2 Å². The molecular weight excluding hydrogens is 252 g/mol. The van der Waals surface area contributed by atoms with Crippen LogP contribution in [0.25, 0.3) is 0 Å². The first-order chi connectivity index (χ1) is 9.66. The lowest BCUT2D eigenvalue weighted by molar-refractivity contribution is 0.0696. The van der Waals surface area contributed by atoms with Crippen molar-refractivity contribution >= 4 is 5.97 Å². The number of carboxylic acid groups (broad SMARTS) is 1. The lowest BCUT2D eigenvalue weighted by atomic mass is 10.1. The molecule has 104 valence electrons. The quantitative estimate of drug-likeness (QED) is 0.814. The maximum Gasteiger partial charge on any atom is 0.335 e. The van der Waals surface area contributed by atoms with E-state index in [1.165, 1.54) is 5.56 Å². The highest BCUT2D eigenvalue weighted by atomic mass is 16.5. The SMILES string of the molecule is Cc1ccc(C(=O)O)cc1OCCCc1ccccc1. The number of carbonyl (C=O) groups is 1. The predicted octanol–water partition coefficient (Wildman–Crippen LogP) is 3.70. The number of aromatic carboxylic acids is 1. The van der Waals surface area contributed by atoms with E-state index in [2.05, 4.69) is 12.1 Å². The van der Waals surface area contributed by atoms with Gasteiger partial charge in [-0.2, -0.15) is 0 Å². The van der Waals surface area contributed by atoms with Gasteiger partial charge in [-0.25, -0.2) is 4.79 Å². The van der Waals surface area contributed by atoms with E-state index in [1.807, 2.05) is 25.1 Å². The lowest BCUT2D eigenvalue weighted by Crippen LogP contribution is -2.03. The minimum atomic E-state index is -0.931. The van der Waals surface area contributed by atoms with Crippen molar-refractivity contribution in [3.8, 4) is 5.75 Å². The van der Waals surface area contributed by atoms with E-state index >= 15 is 0 Å². The highest BCUT2D eigenvalue weighted by Crippen LogP contribution is 2.20. The zero-order valence-electron chi connectivity index (χ0n) is 11.5. The number of aryl methyl sites for hydroxylation is 2. The van der Waals surface area contributed by atoms with Crippen LogP contribution in [-0.2, 0) is 6.42 Å². The van der Waals surface area contributed by atoms with E-state index < -0.39 is 5.97 Å². The van der Waals surface area contributed by atoms with E-state index in [-0.39, 0.29) is 5.56 Å². The van der Waals surface area contributed by atoms with E-state index in [4.69, 9.17) is 9.84 Å². The highest BCUT2D eigenvalue weighted by molar-refractivity contribution is 5.88. The fourth-order valence-corrected chi connectivity index (χ4v) is 1.99. The first-order valence-corrected chi connectivity index (χ1v) is 6.67. The Labute approximate surface area is 118 Å². The summed E-state index contributed by atoms with van der Waals surface area (Å²) in [6, 6.07) is 15.2. The van der Waals surface area contributed by atoms with Gasteiger partial charge in [-0.05, 0) is 43.0 Å². The molecule has 0 amide bonds. The molecule has 2 aromatic rings. The molecule has 3 nitrogen and oxygen atoms in total. The van der Waals surface area contributed by atoms with Gasteiger partial charge in [-0.3, -0.25) is 0 Å². The van der Waals surface area contributed by atoms with Crippen molar-refractivity contribution in [2.75, 3.05) is 6.61 Å². The second-order valence-corrected chi connectivity index (χ2v) is 4.72. The summed E-state index contributed by atoms with van der Waals surface area (Å²) in [6.07, 6.45) is 1.86. The van der Waals surface area contributed by atoms with Crippen LogP contribution < -0.4 is 4.74 Å². The molecule has 3 heteroatoms. The van der Waals surface area contributed by atoms with Gasteiger partial charge in [0.15, 0.2) is 0 Å². The molecule has 0 atom stereocenters. The van der Waals surface area contributed by atoms with Crippen LogP contribution in [0.1, 0.15) is 27.9 Å². The van der Waals surface area contributed by atoms with Crippen LogP contribution in [0.3, 0.4) is 0 Å². The number of hydrogen-bond acceptors (Lipinski definition) is 2. The summed E-state index contributed by atoms with van der Waals surface area (Å²) in [5.41, 5.74) is 2.50. The van der Waals surface area contributed by atoms with Crippen LogP contribution in [0, 0.1) is 6.92 Å². The maximum atomic E-state index is 10.9. The van der Waals surface area contributed by atoms with Gasteiger partial charge in [0.2, 0.25) is 0 Å². The molecular formula is C17H18O3. The second-order valence-electron chi connectivity index (χ2n) is 4.72. The molecule has 0 heterocycles. The Morgan fingerprint density at radius 2 is 1.90 bits per heavy atom. The van der Waals surface area contributed by atoms with E-state index in [9.17, 15) is 4.79 Å². The second kappa shape index (κ2) is 6.75. The molecule has 20 heavy (non-hydrogen) atoms. The molecule has 0 aromatic heterocycles. The third-order valence-corrected chi connectivity index (χ3v) is 3.15. The summed E-state index contributed by atoms with van der Waals surface area (Å²) >= 11 is 0. The summed E-state index contributed by atoms with van der Waals surface area (Å²) in [6.45, 7) is 2.50. The van der Waals surface area contributed by atoms with Crippen molar-refractivity contribution in [2.45, 2.75) is 19.8 Å². The summed E-state index contributed by atoms with van der Waals surface area (Å²) in [7, 11) is 0. The van der Waals surface area contributed by atoms with Gasteiger partial charge in [0.1, 0.15) is 5.75 Å². The average Bonchev–Trinajstić information content (AvgIpc) is 2.46. The highest BCUT2D eigenvalue weighted by Gasteiger charge is 2.06. The fourth-order valence-electron chi connectivity index (χ4n) is 1.99. The standard InChI is InChI=1S/C17H18O3/c1-13-9-10-15(17(18)19)12-16(13)20-11-5-8-14-6-3-2-4-7-14/h2-4,6-7,9-10,12H,5,8,11H2,1H3,(H,18,19). The van der Waals surface area contributed by atoms with E-state index in [1.54, 1.807) is 18.2 Å². The topological polar surface area (TPSA) is 46.5 Å². The Morgan fingerprint density at radius 3 is 2.60 bits per heavy atom. The summed E-state index contributed by atoms with van der Waals surface area (Å²) in [5.74, 6) is -0.280. The molecule has 0 unspecified atom stereocenters. The van der Waals surface area contributed by atoms with Gasteiger partial charge in [-0.1, -0.05) is 36.4 Å². The van der Waals surface area contributed by atoms with E-state index in [0.29, 0.717) is 12.4 Å². The zero-order valence-corrected chi connectivity index (χ0v) is 11.5. The van der Waals surface area contributed by atoms with Gasteiger partial charge >= 0.3 is 5.97 Å². The Kier molecular flexibility index (Phi) is 4.77. The van der Waals surface area contributed by atoms with Crippen LogP contribution in [0.4, 0.5) is 0 Å². The van der Waals surface area contributed by atoms with Crippen molar-refractivity contribution in [2.24, 2.45) is 0 Å². The molecule has 0 bridgehead atoms. The number of rotatable bonds is 6. The van der Waals surface area contributed by atoms with Crippen LogP contribution in [-0.4, -0.2) is 17.7 Å². The van der Waals surface area contributed by atoms with Gasteiger partial charge in [0, 0.05) is 0 Å². The average molecular weight is 270 g/mol. The van der Waals surface area contributed by atoms with Gasteiger partial charge in [0.25, 0.3) is 0 Å². The summed E-state index contributed by atoms with van der Waals surface area (Å²) in [5, 5.41) is 8.96. The van der Waals surface area contributed by atoms with Crippen LogP contribution in [0.15, 0.2) is 48.5 Å². The molecule has 0 spiro atoms. The lowest BCUT2D eigenvalue weighted by Gasteiger charge is -2.10. The van der Waals surface area contributed by atoms with Crippen molar-refractivity contribution < 1.29 is 14.6 Å².